The lowest BCUT2D eigenvalue weighted by Crippen LogP contribution is -2.40. The Hall–Kier alpha value is -1.84. The first-order chi connectivity index (χ1) is 13.6. The van der Waals surface area contributed by atoms with E-state index in [-0.39, 0.29) is 12.1 Å². The molecule has 3 atom stereocenters. The van der Waals surface area contributed by atoms with E-state index in [0.717, 1.165) is 37.4 Å². The monoisotopic (exact) mass is 379 g/mol. The lowest BCUT2D eigenvalue weighted by Gasteiger charge is -2.26. The van der Waals surface area contributed by atoms with Crippen LogP contribution >= 0.6 is 0 Å². The minimum atomic E-state index is -0.368. The Bertz CT molecular complexity index is 801. The number of aryl methyl sites for hydroxylation is 2. The van der Waals surface area contributed by atoms with Crippen LogP contribution in [0.3, 0.4) is 0 Å². The average molecular weight is 380 g/mol. The predicted molar refractivity (Wildman–Crippen MR) is 114 cm³/mol. The van der Waals surface area contributed by atoms with E-state index in [1.165, 1.54) is 47.9 Å². The molecule has 4 rings (SSSR count). The summed E-state index contributed by atoms with van der Waals surface area (Å²) < 4.78 is 5.25. The maximum Gasteiger partial charge on any atom is 0.118 e. The molecule has 2 aromatic carbocycles. The number of methoxy groups -OCH3 is 1. The second kappa shape index (κ2) is 8.26. The first-order valence-corrected chi connectivity index (χ1v) is 10.7. The Morgan fingerprint density at radius 3 is 2.64 bits per heavy atom. The number of benzene rings is 2. The zero-order chi connectivity index (χ0) is 19.6. The van der Waals surface area contributed by atoms with Gasteiger partial charge in [-0.25, -0.2) is 0 Å². The number of ether oxygens (including phenoxy) is 1. The Morgan fingerprint density at radius 2 is 1.93 bits per heavy atom. The van der Waals surface area contributed by atoms with Gasteiger partial charge in [-0.15, -0.1) is 0 Å². The quantitative estimate of drug-likeness (QED) is 0.783. The van der Waals surface area contributed by atoms with Crippen molar-refractivity contribution >= 4 is 0 Å². The molecule has 0 amide bonds. The molecule has 1 unspecified atom stereocenters. The fourth-order valence-corrected chi connectivity index (χ4v) is 5.10. The van der Waals surface area contributed by atoms with Crippen LogP contribution in [0.4, 0.5) is 0 Å². The van der Waals surface area contributed by atoms with E-state index < -0.39 is 0 Å². The highest BCUT2D eigenvalue weighted by atomic mass is 16.5. The molecule has 0 spiro atoms. The van der Waals surface area contributed by atoms with Gasteiger partial charge in [-0.1, -0.05) is 30.3 Å². The van der Waals surface area contributed by atoms with Crippen LogP contribution in [0.15, 0.2) is 42.5 Å². The molecule has 0 saturated heterocycles. The fraction of sp³-hybridized carbons (Fsp3) is 0.520. The van der Waals surface area contributed by atoms with Gasteiger partial charge in [0.25, 0.3) is 0 Å². The summed E-state index contributed by atoms with van der Waals surface area (Å²) in [7, 11) is 1.71. The fourth-order valence-electron chi connectivity index (χ4n) is 5.10. The molecular weight excluding hydrogens is 346 g/mol. The zero-order valence-electron chi connectivity index (χ0n) is 17.0. The van der Waals surface area contributed by atoms with Crippen LogP contribution in [-0.4, -0.2) is 24.4 Å². The van der Waals surface area contributed by atoms with Crippen molar-refractivity contribution in [2.24, 2.45) is 11.7 Å². The molecule has 0 bridgehead atoms. The third-order valence-electron chi connectivity index (χ3n) is 6.99. The lowest BCUT2D eigenvalue weighted by atomic mass is 9.79. The van der Waals surface area contributed by atoms with Crippen molar-refractivity contribution in [2.45, 2.75) is 62.8 Å². The molecule has 3 N–H and O–H groups in total. The van der Waals surface area contributed by atoms with Crippen molar-refractivity contribution in [3.63, 3.8) is 0 Å². The molecule has 2 aliphatic rings. The van der Waals surface area contributed by atoms with Gasteiger partial charge in [-0.05, 0) is 97.6 Å². The van der Waals surface area contributed by atoms with Gasteiger partial charge in [-0.3, -0.25) is 0 Å². The van der Waals surface area contributed by atoms with Crippen LogP contribution in [0.2, 0.25) is 0 Å². The van der Waals surface area contributed by atoms with Crippen LogP contribution in [0.5, 0.6) is 5.75 Å². The zero-order valence-corrected chi connectivity index (χ0v) is 17.0. The van der Waals surface area contributed by atoms with E-state index >= 15 is 0 Å². The van der Waals surface area contributed by atoms with Gasteiger partial charge < -0.3 is 15.6 Å². The highest BCUT2D eigenvalue weighted by Gasteiger charge is 2.36. The molecule has 0 radical (unpaired) electrons. The van der Waals surface area contributed by atoms with Crippen LogP contribution in [0.1, 0.15) is 60.3 Å². The highest BCUT2D eigenvalue weighted by Crippen LogP contribution is 2.40. The van der Waals surface area contributed by atoms with Gasteiger partial charge in [0, 0.05) is 5.54 Å². The van der Waals surface area contributed by atoms with Crippen molar-refractivity contribution in [1.29, 1.82) is 0 Å². The van der Waals surface area contributed by atoms with Crippen LogP contribution in [0.25, 0.3) is 0 Å². The summed E-state index contributed by atoms with van der Waals surface area (Å²) >= 11 is 0. The molecule has 2 aromatic rings. The van der Waals surface area contributed by atoms with E-state index in [1.54, 1.807) is 7.11 Å². The van der Waals surface area contributed by atoms with Gasteiger partial charge in [0.2, 0.25) is 0 Å². The lowest BCUT2D eigenvalue weighted by molar-refractivity contribution is 0.198. The first kappa shape index (κ1) is 19.5. The molecule has 1 fully saturated rings. The molecule has 3 nitrogen and oxygen atoms in total. The van der Waals surface area contributed by atoms with Crippen LogP contribution in [-0.2, 0) is 19.3 Å². The van der Waals surface area contributed by atoms with E-state index in [9.17, 15) is 5.11 Å². The molecule has 1 saturated carbocycles. The van der Waals surface area contributed by atoms with Gasteiger partial charge >= 0.3 is 0 Å². The van der Waals surface area contributed by atoms with Crippen molar-refractivity contribution in [2.75, 3.05) is 13.7 Å². The van der Waals surface area contributed by atoms with E-state index in [0.29, 0.717) is 5.92 Å². The van der Waals surface area contributed by atoms with Gasteiger partial charge in [0.1, 0.15) is 5.75 Å². The average Bonchev–Trinajstić information content (AvgIpc) is 3.15. The molecule has 28 heavy (non-hydrogen) atoms. The number of fused-ring (bicyclic) bond motifs is 1. The third-order valence-corrected chi connectivity index (χ3v) is 6.99. The molecule has 0 aromatic heterocycles. The van der Waals surface area contributed by atoms with E-state index in [4.69, 9.17) is 10.5 Å². The van der Waals surface area contributed by atoms with Gasteiger partial charge in [-0.2, -0.15) is 0 Å². The molecule has 0 aliphatic heterocycles. The van der Waals surface area contributed by atoms with Crippen molar-refractivity contribution in [1.82, 2.24) is 0 Å². The second-order valence-electron chi connectivity index (χ2n) is 8.98. The maximum atomic E-state index is 9.54. The van der Waals surface area contributed by atoms with Gasteiger partial charge in [0.05, 0.1) is 13.7 Å². The molecule has 2 aliphatic carbocycles. The van der Waals surface area contributed by atoms with Gasteiger partial charge in [0.15, 0.2) is 0 Å². The summed E-state index contributed by atoms with van der Waals surface area (Å²) in [4.78, 5) is 0. The largest absolute Gasteiger partial charge is 0.497 e. The number of aliphatic hydroxyl groups excluding tert-OH is 1. The SMILES string of the molecule is COc1ccc(CCC2CCc3cc([C@H]4CC[C@@](N)(CO)C4)ccc3C2)cc1. The predicted octanol–water partition coefficient (Wildman–Crippen LogP) is 4.39. The van der Waals surface area contributed by atoms with Crippen molar-refractivity contribution < 1.29 is 9.84 Å². The summed E-state index contributed by atoms with van der Waals surface area (Å²) in [6.45, 7) is 0.102. The number of hydrogen-bond acceptors (Lipinski definition) is 3. The summed E-state index contributed by atoms with van der Waals surface area (Å²) in [6, 6.07) is 15.6. The Morgan fingerprint density at radius 1 is 1.11 bits per heavy atom. The second-order valence-corrected chi connectivity index (χ2v) is 8.98. The first-order valence-electron chi connectivity index (χ1n) is 10.7. The minimum absolute atomic E-state index is 0.102. The highest BCUT2D eigenvalue weighted by molar-refractivity contribution is 5.37. The van der Waals surface area contributed by atoms with Crippen LogP contribution < -0.4 is 10.5 Å². The maximum absolute atomic E-state index is 9.54. The van der Waals surface area contributed by atoms with E-state index in [1.807, 2.05) is 0 Å². The summed E-state index contributed by atoms with van der Waals surface area (Å²) in [5, 5.41) is 9.54. The normalized spacial score (nSPS) is 26.8. The summed E-state index contributed by atoms with van der Waals surface area (Å²) in [5.74, 6) is 2.22. The Balaban J connectivity index is 1.35. The number of hydrogen-bond donors (Lipinski definition) is 2. The van der Waals surface area contributed by atoms with Crippen molar-refractivity contribution in [3.05, 3.63) is 64.7 Å². The Labute approximate surface area is 168 Å². The number of aliphatic hydroxyl groups is 1. The standard InChI is InChI=1S/C25H33NO2/c1-28-24-10-5-18(6-11-24)2-3-19-4-7-21-15-22(9-8-20(21)14-19)23-12-13-25(26,16-23)17-27/h5-6,8-11,15,19,23,27H,2-4,7,12-14,16-17,26H2,1H3/t19?,23-,25-/m0/s1. The molecule has 0 heterocycles. The van der Waals surface area contributed by atoms with Crippen molar-refractivity contribution in [3.8, 4) is 5.75 Å². The Kier molecular flexibility index (Phi) is 5.75. The molecule has 150 valence electrons. The summed E-state index contributed by atoms with van der Waals surface area (Å²) in [6.07, 6.45) is 9.01. The van der Waals surface area contributed by atoms with E-state index in [2.05, 4.69) is 42.5 Å². The summed E-state index contributed by atoms with van der Waals surface area (Å²) in [5.41, 5.74) is 11.8. The third kappa shape index (κ3) is 4.26. The smallest absolute Gasteiger partial charge is 0.118 e. The van der Waals surface area contributed by atoms with Crippen LogP contribution in [0, 0.1) is 5.92 Å². The molecule has 3 heteroatoms. The topological polar surface area (TPSA) is 55.5 Å². The number of rotatable bonds is 6. The molecular formula is C25H33NO2. The minimum Gasteiger partial charge on any atom is -0.497 e. The number of nitrogens with two attached hydrogens (primary N) is 1.